The van der Waals surface area contributed by atoms with Crippen molar-refractivity contribution in [3.8, 4) is 11.8 Å². The standard InChI is InChI=1S/C15H17FN2O3/c16-13-9-12(18-15(19)3-6-17)1-2-14(13)21-10-11-4-7-20-8-5-11/h1-2,9,11H,3-5,7-8,10H2,(H,18,19). The van der Waals surface area contributed by atoms with Crippen LogP contribution < -0.4 is 10.1 Å². The second kappa shape index (κ2) is 7.60. The van der Waals surface area contributed by atoms with Crippen molar-refractivity contribution in [3.05, 3.63) is 24.0 Å². The largest absolute Gasteiger partial charge is 0.490 e. The van der Waals surface area contributed by atoms with E-state index in [4.69, 9.17) is 14.7 Å². The van der Waals surface area contributed by atoms with E-state index in [1.807, 2.05) is 0 Å². The smallest absolute Gasteiger partial charge is 0.238 e. The van der Waals surface area contributed by atoms with E-state index in [0.29, 0.717) is 18.2 Å². The van der Waals surface area contributed by atoms with E-state index in [1.54, 1.807) is 12.1 Å². The Bertz CT molecular complexity index is 536. The highest BCUT2D eigenvalue weighted by molar-refractivity contribution is 5.92. The third-order valence-corrected chi connectivity index (χ3v) is 3.27. The first-order valence-electron chi connectivity index (χ1n) is 6.86. The molecule has 112 valence electrons. The lowest BCUT2D eigenvalue weighted by Crippen LogP contribution is -2.21. The molecule has 0 bridgehead atoms. The highest BCUT2D eigenvalue weighted by Crippen LogP contribution is 2.23. The van der Waals surface area contributed by atoms with Gasteiger partial charge in [-0.1, -0.05) is 0 Å². The normalized spacial score (nSPS) is 15.2. The molecule has 0 unspecified atom stereocenters. The molecule has 5 nitrogen and oxygen atoms in total. The Kier molecular flexibility index (Phi) is 5.52. The first kappa shape index (κ1) is 15.3. The van der Waals surface area contributed by atoms with Gasteiger partial charge in [0.15, 0.2) is 11.6 Å². The minimum absolute atomic E-state index is 0.166. The molecule has 6 heteroatoms. The number of nitrogens with zero attached hydrogens (tertiary/aromatic N) is 1. The van der Waals surface area contributed by atoms with Crippen molar-refractivity contribution in [1.82, 2.24) is 0 Å². The van der Waals surface area contributed by atoms with Crippen molar-refractivity contribution in [2.75, 3.05) is 25.1 Å². The molecule has 0 aliphatic carbocycles. The number of halogens is 1. The van der Waals surface area contributed by atoms with Gasteiger partial charge in [0, 0.05) is 25.0 Å². The highest BCUT2D eigenvalue weighted by atomic mass is 19.1. The lowest BCUT2D eigenvalue weighted by atomic mass is 10.0. The molecule has 1 amide bonds. The van der Waals surface area contributed by atoms with Crippen LogP contribution in [0.4, 0.5) is 10.1 Å². The minimum Gasteiger partial charge on any atom is -0.490 e. The van der Waals surface area contributed by atoms with Gasteiger partial charge in [-0.2, -0.15) is 5.26 Å². The van der Waals surface area contributed by atoms with Crippen LogP contribution in [-0.2, 0) is 9.53 Å². The van der Waals surface area contributed by atoms with Gasteiger partial charge in [-0.15, -0.1) is 0 Å². The lowest BCUT2D eigenvalue weighted by Gasteiger charge is -2.22. The quantitative estimate of drug-likeness (QED) is 0.905. The van der Waals surface area contributed by atoms with Gasteiger partial charge in [-0.05, 0) is 30.9 Å². The predicted molar refractivity (Wildman–Crippen MR) is 74.3 cm³/mol. The molecule has 0 spiro atoms. The van der Waals surface area contributed by atoms with Gasteiger partial charge in [-0.3, -0.25) is 4.79 Å². The predicted octanol–water partition coefficient (Wildman–Crippen LogP) is 2.48. The maximum Gasteiger partial charge on any atom is 0.238 e. The summed E-state index contributed by atoms with van der Waals surface area (Å²) in [5.74, 6) is -0.447. The van der Waals surface area contributed by atoms with Crippen molar-refractivity contribution < 1.29 is 18.7 Å². The molecule has 21 heavy (non-hydrogen) atoms. The van der Waals surface area contributed by atoms with E-state index in [9.17, 15) is 9.18 Å². The molecule has 1 heterocycles. The molecule has 1 aliphatic rings. The molecule has 1 aromatic rings. The molecule has 0 radical (unpaired) electrons. The van der Waals surface area contributed by atoms with Crippen molar-refractivity contribution in [3.63, 3.8) is 0 Å². The molecule has 2 rings (SSSR count). The van der Waals surface area contributed by atoms with Gasteiger partial charge >= 0.3 is 0 Å². The summed E-state index contributed by atoms with van der Waals surface area (Å²) in [5, 5.41) is 10.8. The van der Waals surface area contributed by atoms with Crippen LogP contribution in [-0.4, -0.2) is 25.7 Å². The van der Waals surface area contributed by atoms with Gasteiger partial charge in [0.1, 0.15) is 6.42 Å². The van der Waals surface area contributed by atoms with Crippen LogP contribution in [0.5, 0.6) is 5.75 Å². The van der Waals surface area contributed by atoms with Crippen LogP contribution in [0, 0.1) is 23.1 Å². The molecule has 1 fully saturated rings. The van der Waals surface area contributed by atoms with Crippen LogP contribution in [0.2, 0.25) is 0 Å². The molecule has 0 saturated carbocycles. The summed E-state index contributed by atoms with van der Waals surface area (Å²) in [5.41, 5.74) is 0.311. The van der Waals surface area contributed by atoms with Gasteiger partial charge in [0.25, 0.3) is 0 Å². The van der Waals surface area contributed by atoms with Crippen LogP contribution in [0.3, 0.4) is 0 Å². The molecule has 1 aliphatic heterocycles. The van der Waals surface area contributed by atoms with E-state index in [2.05, 4.69) is 5.32 Å². The molecule has 1 aromatic carbocycles. The first-order chi connectivity index (χ1) is 10.2. The lowest BCUT2D eigenvalue weighted by molar-refractivity contribution is -0.115. The third-order valence-electron chi connectivity index (χ3n) is 3.27. The fraction of sp³-hybridized carbons (Fsp3) is 0.467. The summed E-state index contributed by atoms with van der Waals surface area (Å²) in [6.07, 6.45) is 1.58. The van der Waals surface area contributed by atoms with Crippen molar-refractivity contribution >= 4 is 11.6 Å². The zero-order chi connectivity index (χ0) is 15.1. The Balaban J connectivity index is 1.89. The Morgan fingerprint density at radius 3 is 2.90 bits per heavy atom. The SMILES string of the molecule is N#CCC(=O)Nc1ccc(OCC2CCOCC2)c(F)c1. The number of amides is 1. The van der Waals surface area contributed by atoms with E-state index >= 15 is 0 Å². The monoisotopic (exact) mass is 292 g/mol. The van der Waals surface area contributed by atoms with Crippen molar-refractivity contribution in [1.29, 1.82) is 5.26 Å². The number of hydrogen-bond donors (Lipinski definition) is 1. The number of carbonyl (C=O) groups excluding carboxylic acids is 1. The van der Waals surface area contributed by atoms with Crippen LogP contribution in [0.15, 0.2) is 18.2 Å². The van der Waals surface area contributed by atoms with Crippen LogP contribution in [0.1, 0.15) is 19.3 Å². The number of rotatable bonds is 5. The zero-order valence-electron chi connectivity index (χ0n) is 11.6. The summed E-state index contributed by atoms with van der Waals surface area (Å²) in [6.45, 7) is 1.90. The maximum atomic E-state index is 13.9. The molecular formula is C15H17FN2O3. The molecular weight excluding hydrogens is 275 g/mol. The molecule has 0 aromatic heterocycles. The molecule has 1 saturated heterocycles. The fourth-order valence-corrected chi connectivity index (χ4v) is 2.09. The van der Waals surface area contributed by atoms with Gasteiger partial charge in [-0.25, -0.2) is 4.39 Å². The van der Waals surface area contributed by atoms with E-state index in [1.165, 1.54) is 12.1 Å². The van der Waals surface area contributed by atoms with E-state index < -0.39 is 11.7 Å². The van der Waals surface area contributed by atoms with E-state index in [0.717, 1.165) is 26.1 Å². The first-order valence-corrected chi connectivity index (χ1v) is 6.86. The third kappa shape index (κ3) is 4.72. The fourth-order valence-electron chi connectivity index (χ4n) is 2.09. The minimum atomic E-state index is -0.531. The second-order valence-corrected chi connectivity index (χ2v) is 4.90. The Labute approximate surface area is 122 Å². The highest BCUT2D eigenvalue weighted by Gasteiger charge is 2.15. The number of benzene rings is 1. The maximum absolute atomic E-state index is 13.9. The van der Waals surface area contributed by atoms with Crippen molar-refractivity contribution in [2.45, 2.75) is 19.3 Å². The van der Waals surface area contributed by atoms with Crippen LogP contribution >= 0.6 is 0 Å². The van der Waals surface area contributed by atoms with Crippen LogP contribution in [0.25, 0.3) is 0 Å². The number of nitrogens with one attached hydrogen (secondary N) is 1. The summed E-state index contributed by atoms with van der Waals surface area (Å²) >= 11 is 0. The van der Waals surface area contributed by atoms with Gasteiger partial charge in [0.05, 0.1) is 12.7 Å². The summed E-state index contributed by atoms with van der Waals surface area (Å²) in [6, 6.07) is 5.95. The number of ether oxygens (including phenoxy) is 2. The number of carbonyl (C=O) groups is 1. The number of anilines is 1. The van der Waals surface area contributed by atoms with Gasteiger partial charge < -0.3 is 14.8 Å². The molecule has 1 N–H and O–H groups in total. The average Bonchev–Trinajstić information content (AvgIpc) is 2.48. The summed E-state index contributed by atoms with van der Waals surface area (Å²) in [4.78, 5) is 11.2. The van der Waals surface area contributed by atoms with Crippen molar-refractivity contribution in [2.24, 2.45) is 5.92 Å². The Morgan fingerprint density at radius 2 is 2.24 bits per heavy atom. The zero-order valence-corrected chi connectivity index (χ0v) is 11.6. The summed E-state index contributed by atoms with van der Waals surface area (Å²) in [7, 11) is 0. The summed E-state index contributed by atoms with van der Waals surface area (Å²) < 4.78 is 24.6. The second-order valence-electron chi connectivity index (χ2n) is 4.90. The molecule has 0 atom stereocenters. The average molecular weight is 292 g/mol. The topological polar surface area (TPSA) is 71.4 Å². The van der Waals surface area contributed by atoms with E-state index in [-0.39, 0.29) is 12.2 Å². The number of hydrogen-bond acceptors (Lipinski definition) is 4. The Morgan fingerprint density at radius 1 is 1.48 bits per heavy atom. The number of nitriles is 1. The Hall–Kier alpha value is -2.13. The van der Waals surface area contributed by atoms with Gasteiger partial charge in [0.2, 0.25) is 5.91 Å².